The molecule has 0 unspecified atom stereocenters. The Hall–Kier alpha value is -1.01. The summed E-state index contributed by atoms with van der Waals surface area (Å²) in [6, 6.07) is 0. The first-order chi connectivity index (χ1) is 6.81. The van der Waals surface area contributed by atoms with Gasteiger partial charge in [0.05, 0.1) is 0 Å². The second-order valence-corrected chi connectivity index (χ2v) is 3.11. The van der Waals surface area contributed by atoms with Crippen LogP contribution in [0.4, 0.5) is 0 Å². The van der Waals surface area contributed by atoms with Crippen LogP contribution in [0.3, 0.4) is 0 Å². The summed E-state index contributed by atoms with van der Waals surface area (Å²) in [5, 5.41) is 5.96. The highest BCUT2D eigenvalue weighted by Gasteiger charge is 1.98. The van der Waals surface area contributed by atoms with E-state index in [1.807, 2.05) is 6.92 Å². The number of rotatable bonds is 8. The van der Waals surface area contributed by atoms with Gasteiger partial charge in [-0.2, -0.15) is 0 Å². The third-order valence-corrected chi connectivity index (χ3v) is 1.85. The molecule has 0 saturated carbocycles. The lowest BCUT2D eigenvalue weighted by molar-refractivity contribution is -0.120. The van der Waals surface area contributed by atoms with Crippen molar-refractivity contribution in [2.75, 3.05) is 19.6 Å². The number of hydrogen-bond donors (Lipinski definition) is 2. The summed E-state index contributed by atoms with van der Waals surface area (Å²) in [7, 11) is 0. The lowest BCUT2D eigenvalue weighted by Crippen LogP contribution is -2.28. The number of amides is 1. The summed E-state index contributed by atoms with van der Waals surface area (Å²) in [6.07, 6.45) is 8.42. The Morgan fingerprint density at radius 3 is 2.79 bits per heavy atom. The van der Waals surface area contributed by atoms with Crippen molar-refractivity contribution in [1.82, 2.24) is 10.6 Å². The standard InChI is InChI=1S/C11H20N2O/c1-3-5-6-7-9-13-11(14)8-10-12-4-2/h1,12H,4-10H2,2H3,(H,13,14). The second-order valence-electron chi connectivity index (χ2n) is 3.11. The third-order valence-electron chi connectivity index (χ3n) is 1.85. The molecule has 0 rings (SSSR count). The molecule has 2 N–H and O–H groups in total. The zero-order chi connectivity index (χ0) is 10.6. The molecule has 80 valence electrons. The maximum absolute atomic E-state index is 11.2. The maximum atomic E-state index is 11.2. The van der Waals surface area contributed by atoms with E-state index < -0.39 is 0 Å². The molecular formula is C11H20N2O. The van der Waals surface area contributed by atoms with Crippen molar-refractivity contribution in [1.29, 1.82) is 0 Å². The van der Waals surface area contributed by atoms with Crippen LogP contribution in [0.25, 0.3) is 0 Å². The molecule has 0 aliphatic carbocycles. The van der Waals surface area contributed by atoms with E-state index in [4.69, 9.17) is 6.42 Å². The Kier molecular flexibility index (Phi) is 9.35. The molecule has 0 aromatic heterocycles. The van der Waals surface area contributed by atoms with Gasteiger partial charge in [0.25, 0.3) is 0 Å². The van der Waals surface area contributed by atoms with E-state index in [9.17, 15) is 4.79 Å². The highest BCUT2D eigenvalue weighted by atomic mass is 16.1. The lowest BCUT2D eigenvalue weighted by atomic mass is 10.2. The van der Waals surface area contributed by atoms with Crippen LogP contribution in [0.5, 0.6) is 0 Å². The van der Waals surface area contributed by atoms with Gasteiger partial charge in [-0.05, 0) is 19.4 Å². The molecule has 0 aliphatic heterocycles. The minimum Gasteiger partial charge on any atom is -0.356 e. The van der Waals surface area contributed by atoms with Gasteiger partial charge in [0.2, 0.25) is 5.91 Å². The molecule has 0 radical (unpaired) electrons. The molecule has 0 aromatic carbocycles. The molecule has 0 saturated heterocycles. The van der Waals surface area contributed by atoms with Crippen LogP contribution in [0, 0.1) is 12.3 Å². The summed E-state index contributed by atoms with van der Waals surface area (Å²) in [6.45, 7) is 4.44. The topological polar surface area (TPSA) is 41.1 Å². The molecule has 3 heteroatoms. The quantitative estimate of drug-likeness (QED) is 0.447. The average molecular weight is 196 g/mol. The molecule has 0 aliphatic rings. The number of terminal acetylenes is 1. The Labute approximate surface area is 86.6 Å². The molecule has 0 aromatic rings. The summed E-state index contributed by atoms with van der Waals surface area (Å²) in [5.74, 6) is 2.69. The zero-order valence-corrected chi connectivity index (χ0v) is 8.94. The predicted octanol–water partition coefficient (Wildman–Crippen LogP) is 0.906. The first-order valence-corrected chi connectivity index (χ1v) is 5.22. The summed E-state index contributed by atoms with van der Waals surface area (Å²) < 4.78 is 0. The largest absolute Gasteiger partial charge is 0.356 e. The molecular weight excluding hydrogens is 176 g/mol. The Bertz CT molecular complexity index is 184. The van der Waals surface area contributed by atoms with Crippen LogP contribution < -0.4 is 10.6 Å². The molecule has 14 heavy (non-hydrogen) atoms. The van der Waals surface area contributed by atoms with Crippen molar-refractivity contribution in [3.8, 4) is 12.3 Å². The Morgan fingerprint density at radius 1 is 1.36 bits per heavy atom. The van der Waals surface area contributed by atoms with Crippen LogP contribution in [0.2, 0.25) is 0 Å². The molecule has 0 fully saturated rings. The van der Waals surface area contributed by atoms with Crippen molar-refractivity contribution < 1.29 is 4.79 Å². The van der Waals surface area contributed by atoms with Gasteiger partial charge in [-0.3, -0.25) is 4.79 Å². The molecule has 0 bridgehead atoms. The number of hydrogen-bond acceptors (Lipinski definition) is 2. The van der Waals surface area contributed by atoms with Gasteiger partial charge in [0.1, 0.15) is 0 Å². The van der Waals surface area contributed by atoms with Gasteiger partial charge >= 0.3 is 0 Å². The van der Waals surface area contributed by atoms with E-state index in [-0.39, 0.29) is 5.91 Å². The van der Waals surface area contributed by atoms with Crippen LogP contribution in [-0.4, -0.2) is 25.5 Å². The first-order valence-electron chi connectivity index (χ1n) is 5.22. The van der Waals surface area contributed by atoms with E-state index in [0.29, 0.717) is 6.42 Å². The molecule has 0 heterocycles. The van der Waals surface area contributed by atoms with Crippen LogP contribution in [0.15, 0.2) is 0 Å². The fourth-order valence-electron chi connectivity index (χ4n) is 1.05. The summed E-state index contributed by atoms with van der Waals surface area (Å²) in [5.41, 5.74) is 0. The smallest absolute Gasteiger partial charge is 0.221 e. The number of nitrogens with one attached hydrogen (secondary N) is 2. The van der Waals surface area contributed by atoms with E-state index in [0.717, 1.165) is 38.9 Å². The van der Waals surface area contributed by atoms with E-state index >= 15 is 0 Å². The van der Waals surface area contributed by atoms with Crippen LogP contribution in [-0.2, 0) is 4.79 Å². The third kappa shape index (κ3) is 9.08. The normalized spacial score (nSPS) is 9.43. The van der Waals surface area contributed by atoms with Crippen LogP contribution in [0.1, 0.15) is 32.6 Å². The predicted molar refractivity (Wildman–Crippen MR) is 58.9 cm³/mol. The van der Waals surface area contributed by atoms with Crippen molar-refractivity contribution in [3.05, 3.63) is 0 Å². The van der Waals surface area contributed by atoms with Gasteiger partial charge in [-0.1, -0.05) is 6.92 Å². The minimum absolute atomic E-state index is 0.117. The fraction of sp³-hybridized carbons (Fsp3) is 0.727. The molecule has 3 nitrogen and oxygen atoms in total. The van der Waals surface area contributed by atoms with Crippen molar-refractivity contribution in [2.24, 2.45) is 0 Å². The van der Waals surface area contributed by atoms with E-state index in [2.05, 4.69) is 16.6 Å². The lowest BCUT2D eigenvalue weighted by Gasteiger charge is -2.04. The van der Waals surface area contributed by atoms with Crippen molar-refractivity contribution in [3.63, 3.8) is 0 Å². The zero-order valence-electron chi connectivity index (χ0n) is 8.94. The van der Waals surface area contributed by atoms with E-state index in [1.54, 1.807) is 0 Å². The van der Waals surface area contributed by atoms with Gasteiger partial charge in [-0.15, -0.1) is 12.3 Å². The minimum atomic E-state index is 0.117. The molecule has 1 amide bonds. The summed E-state index contributed by atoms with van der Waals surface area (Å²) >= 11 is 0. The van der Waals surface area contributed by atoms with Crippen molar-refractivity contribution in [2.45, 2.75) is 32.6 Å². The monoisotopic (exact) mass is 196 g/mol. The van der Waals surface area contributed by atoms with Gasteiger partial charge in [0.15, 0.2) is 0 Å². The number of unbranched alkanes of at least 4 members (excludes halogenated alkanes) is 2. The maximum Gasteiger partial charge on any atom is 0.221 e. The van der Waals surface area contributed by atoms with E-state index in [1.165, 1.54) is 0 Å². The summed E-state index contributed by atoms with van der Waals surface area (Å²) in [4.78, 5) is 11.2. The SMILES string of the molecule is C#CCCCCNC(=O)CCNCC. The highest BCUT2D eigenvalue weighted by Crippen LogP contribution is 1.91. The Morgan fingerprint density at radius 2 is 2.14 bits per heavy atom. The Balaban J connectivity index is 3.15. The molecule has 0 atom stereocenters. The second kappa shape index (κ2) is 10.1. The van der Waals surface area contributed by atoms with Crippen LogP contribution >= 0.6 is 0 Å². The van der Waals surface area contributed by atoms with Gasteiger partial charge in [0, 0.05) is 25.9 Å². The molecule has 0 spiro atoms. The fourth-order valence-corrected chi connectivity index (χ4v) is 1.05. The number of carbonyl (C=O) groups excluding carboxylic acids is 1. The average Bonchev–Trinajstić information content (AvgIpc) is 2.18. The number of carbonyl (C=O) groups is 1. The highest BCUT2D eigenvalue weighted by molar-refractivity contribution is 5.75. The van der Waals surface area contributed by atoms with Gasteiger partial charge < -0.3 is 10.6 Å². The van der Waals surface area contributed by atoms with Crippen molar-refractivity contribution >= 4 is 5.91 Å². The van der Waals surface area contributed by atoms with Gasteiger partial charge in [-0.25, -0.2) is 0 Å². The first kappa shape index (κ1) is 13.0.